The zero-order valence-electron chi connectivity index (χ0n) is 9.07. The first kappa shape index (κ1) is 9.16. The second-order valence-corrected chi connectivity index (χ2v) is 3.97. The molecule has 0 spiro atoms. The second kappa shape index (κ2) is 3.49. The zero-order chi connectivity index (χ0) is 11.0. The molecule has 2 heterocycles. The summed E-state index contributed by atoms with van der Waals surface area (Å²) in [6, 6.07) is 12.4. The van der Waals surface area contributed by atoms with Gasteiger partial charge in [0.1, 0.15) is 0 Å². The molecule has 16 heavy (non-hydrogen) atoms. The highest BCUT2D eigenvalue weighted by molar-refractivity contribution is 5.81. The number of pyridine rings is 2. The van der Waals surface area contributed by atoms with Crippen LogP contribution in [0.4, 0.5) is 0 Å². The molecule has 0 aromatic carbocycles. The average Bonchev–Trinajstić information content (AvgIpc) is 2.70. The first-order valence-electron chi connectivity index (χ1n) is 5.34. The van der Waals surface area contributed by atoms with Crippen molar-refractivity contribution in [3.63, 3.8) is 0 Å². The van der Waals surface area contributed by atoms with Gasteiger partial charge in [0.05, 0.1) is 11.4 Å². The highest BCUT2D eigenvalue weighted by Crippen LogP contribution is 2.32. The maximum absolute atomic E-state index is 4.38. The van der Waals surface area contributed by atoms with E-state index in [0.29, 0.717) is 0 Å². The van der Waals surface area contributed by atoms with Crippen LogP contribution in [0.25, 0.3) is 22.5 Å². The van der Waals surface area contributed by atoms with E-state index in [0.717, 1.165) is 11.4 Å². The fraction of sp³-hybridized carbons (Fsp3) is 0.0714. The normalized spacial score (nSPS) is 10.8. The molecule has 0 bridgehead atoms. The van der Waals surface area contributed by atoms with Gasteiger partial charge in [-0.15, -0.1) is 0 Å². The number of H-pyrrole nitrogens is 1. The van der Waals surface area contributed by atoms with E-state index in [4.69, 9.17) is 0 Å². The van der Waals surface area contributed by atoms with Crippen LogP contribution >= 0.6 is 0 Å². The number of rotatable bonds is 1. The van der Waals surface area contributed by atoms with Crippen molar-refractivity contribution in [1.82, 2.24) is 9.97 Å². The molecule has 1 aliphatic carbocycles. The van der Waals surface area contributed by atoms with Gasteiger partial charge < -0.3 is 4.98 Å². The molecule has 0 atom stereocenters. The molecule has 1 aromatic heterocycles. The Labute approximate surface area is 94.3 Å². The molecule has 0 saturated carbocycles. The highest BCUT2D eigenvalue weighted by Gasteiger charge is 2.11. The quantitative estimate of drug-likeness (QED) is 0.651. The van der Waals surface area contributed by atoms with Gasteiger partial charge in [-0.3, -0.25) is 4.98 Å². The van der Waals surface area contributed by atoms with Gasteiger partial charge in [0.15, 0.2) is 0 Å². The minimum atomic E-state index is 0.985. The number of nitrogens with zero attached hydrogens (tertiary/aromatic N) is 1. The van der Waals surface area contributed by atoms with Crippen molar-refractivity contribution in [2.24, 2.45) is 0 Å². The third-order valence-electron chi connectivity index (χ3n) is 2.75. The molecule has 1 aliphatic heterocycles. The maximum atomic E-state index is 4.38. The van der Waals surface area contributed by atoms with Gasteiger partial charge in [0.25, 0.3) is 0 Å². The number of hydrogen-bond donors (Lipinski definition) is 1. The van der Waals surface area contributed by atoms with Crippen molar-refractivity contribution in [2.75, 3.05) is 0 Å². The van der Waals surface area contributed by atoms with Crippen LogP contribution in [0, 0.1) is 6.92 Å². The first-order chi connectivity index (χ1) is 7.84. The summed E-state index contributed by atoms with van der Waals surface area (Å²) in [7, 11) is 0. The smallest absolute Gasteiger partial charge is 0.0870 e. The summed E-state index contributed by atoms with van der Waals surface area (Å²) in [5.41, 5.74) is 5.85. The van der Waals surface area contributed by atoms with Crippen molar-refractivity contribution in [3.8, 4) is 22.5 Å². The van der Waals surface area contributed by atoms with E-state index in [1.165, 1.54) is 16.7 Å². The summed E-state index contributed by atoms with van der Waals surface area (Å²) in [6.45, 7) is 2.11. The number of aromatic amines is 1. The lowest BCUT2D eigenvalue weighted by molar-refractivity contribution is 1.25. The molecule has 2 heteroatoms. The molecule has 0 saturated heterocycles. The van der Waals surface area contributed by atoms with Crippen LogP contribution in [-0.4, -0.2) is 9.97 Å². The predicted octanol–water partition coefficient (Wildman–Crippen LogP) is 3.49. The summed E-state index contributed by atoms with van der Waals surface area (Å²) in [6.07, 6.45) is 3.78. The third kappa shape index (κ3) is 1.39. The first-order valence-corrected chi connectivity index (χ1v) is 5.34. The molecule has 0 fully saturated rings. The maximum Gasteiger partial charge on any atom is 0.0870 e. The Morgan fingerprint density at radius 3 is 2.88 bits per heavy atom. The van der Waals surface area contributed by atoms with Gasteiger partial charge in [0.2, 0.25) is 0 Å². The summed E-state index contributed by atoms with van der Waals surface area (Å²) >= 11 is 0. The second-order valence-electron chi connectivity index (χ2n) is 3.97. The van der Waals surface area contributed by atoms with Crippen LogP contribution in [0.1, 0.15) is 5.56 Å². The largest absolute Gasteiger partial charge is 0.359 e. The average molecular weight is 208 g/mol. The van der Waals surface area contributed by atoms with Crippen molar-refractivity contribution in [3.05, 3.63) is 54.4 Å². The Kier molecular flexibility index (Phi) is 2.00. The van der Waals surface area contributed by atoms with Gasteiger partial charge in [-0.05, 0) is 42.3 Å². The Hall–Kier alpha value is -2.09. The summed E-state index contributed by atoms with van der Waals surface area (Å²) in [5, 5.41) is 0. The Balaban J connectivity index is 2.26. The predicted molar refractivity (Wildman–Crippen MR) is 65.4 cm³/mol. The molecule has 0 radical (unpaired) electrons. The fourth-order valence-corrected chi connectivity index (χ4v) is 2.05. The highest BCUT2D eigenvalue weighted by atomic mass is 14.8. The van der Waals surface area contributed by atoms with Gasteiger partial charge in [-0.1, -0.05) is 12.1 Å². The van der Waals surface area contributed by atoms with Crippen molar-refractivity contribution in [1.29, 1.82) is 0 Å². The number of nitrogens with one attached hydrogen (secondary N) is 1. The molecule has 78 valence electrons. The summed E-state index contributed by atoms with van der Waals surface area (Å²) < 4.78 is 0. The van der Waals surface area contributed by atoms with E-state index in [9.17, 15) is 0 Å². The van der Waals surface area contributed by atoms with Crippen LogP contribution in [0.5, 0.6) is 0 Å². The van der Waals surface area contributed by atoms with Crippen LogP contribution < -0.4 is 0 Å². The summed E-state index contributed by atoms with van der Waals surface area (Å²) in [5.74, 6) is 0. The summed E-state index contributed by atoms with van der Waals surface area (Å²) in [4.78, 5) is 7.66. The van der Waals surface area contributed by atoms with Crippen LogP contribution in [0.15, 0.2) is 48.8 Å². The Morgan fingerprint density at radius 2 is 2.06 bits per heavy atom. The monoisotopic (exact) mass is 208 g/mol. The van der Waals surface area contributed by atoms with E-state index >= 15 is 0 Å². The number of aromatic nitrogens is 2. The minimum Gasteiger partial charge on any atom is -0.359 e. The van der Waals surface area contributed by atoms with E-state index in [2.05, 4.69) is 35.1 Å². The third-order valence-corrected chi connectivity index (χ3v) is 2.75. The van der Waals surface area contributed by atoms with Crippen molar-refractivity contribution in [2.45, 2.75) is 6.92 Å². The number of fused-ring (bicyclic) bond motifs is 1. The van der Waals surface area contributed by atoms with E-state index in [-0.39, 0.29) is 0 Å². The zero-order valence-corrected chi connectivity index (χ0v) is 9.07. The van der Waals surface area contributed by atoms with Gasteiger partial charge >= 0.3 is 0 Å². The van der Waals surface area contributed by atoms with Crippen molar-refractivity contribution < 1.29 is 0 Å². The standard InChI is InChI=1S/C14H12N2/c1-10-8-11-5-7-16-14(12(11)9-10)13-4-2-3-6-15-13/h2-9,16H,1H3. The van der Waals surface area contributed by atoms with Gasteiger partial charge in [0, 0.05) is 18.0 Å². The molecule has 2 nitrogen and oxygen atoms in total. The molecular formula is C14H12N2. The Bertz CT molecular complexity index is 581. The molecule has 0 amide bonds. The molecular weight excluding hydrogens is 196 g/mol. The van der Waals surface area contributed by atoms with Gasteiger partial charge in [-0.25, -0.2) is 0 Å². The van der Waals surface area contributed by atoms with E-state index < -0.39 is 0 Å². The Morgan fingerprint density at radius 1 is 1.12 bits per heavy atom. The van der Waals surface area contributed by atoms with Crippen LogP contribution in [-0.2, 0) is 0 Å². The van der Waals surface area contributed by atoms with Crippen molar-refractivity contribution >= 4 is 0 Å². The SMILES string of the molecule is Cc1cc2cc[nH]c(-c3ccccn3)c-2c1. The lowest BCUT2D eigenvalue weighted by Gasteiger charge is -2.06. The van der Waals surface area contributed by atoms with E-state index in [1.54, 1.807) is 0 Å². The lowest BCUT2D eigenvalue weighted by Crippen LogP contribution is -1.89. The molecule has 3 rings (SSSR count). The number of aryl methyl sites for hydroxylation is 1. The van der Waals surface area contributed by atoms with Crippen LogP contribution in [0.2, 0.25) is 0 Å². The molecule has 2 aliphatic rings. The van der Waals surface area contributed by atoms with Crippen LogP contribution in [0.3, 0.4) is 0 Å². The number of hydrogen-bond acceptors (Lipinski definition) is 1. The van der Waals surface area contributed by atoms with Gasteiger partial charge in [-0.2, -0.15) is 0 Å². The molecule has 0 unspecified atom stereocenters. The topological polar surface area (TPSA) is 28.7 Å². The minimum absolute atomic E-state index is 0.985. The molecule has 1 N–H and O–H groups in total. The lowest BCUT2D eigenvalue weighted by atomic mass is 10.1. The molecule has 1 aromatic rings. The fourth-order valence-electron chi connectivity index (χ4n) is 2.05. The van der Waals surface area contributed by atoms with E-state index in [1.807, 2.05) is 30.6 Å².